The van der Waals surface area contributed by atoms with Crippen molar-refractivity contribution in [3.63, 3.8) is 0 Å². The molecule has 7 heteroatoms. The van der Waals surface area contributed by atoms with Crippen molar-refractivity contribution in [3.8, 4) is 0 Å². The van der Waals surface area contributed by atoms with Crippen molar-refractivity contribution in [2.24, 2.45) is 0 Å². The molecular weight excluding hydrogens is 326 g/mol. The van der Waals surface area contributed by atoms with Crippen LogP contribution in [0.2, 0.25) is 0 Å². The summed E-state index contributed by atoms with van der Waals surface area (Å²) >= 11 is 0. The Balaban J connectivity index is 2.01. The van der Waals surface area contributed by atoms with Crippen molar-refractivity contribution in [2.45, 2.75) is 33.4 Å². The zero-order valence-corrected chi connectivity index (χ0v) is 15.2. The fourth-order valence-corrected chi connectivity index (χ4v) is 3.56. The molecule has 1 amide bonds. The summed E-state index contributed by atoms with van der Waals surface area (Å²) in [6, 6.07) is 8.83. The van der Waals surface area contributed by atoms with E-state index in [9.17, 15) is 13.2 Å². The number of rotatable bonds is 6. The van der Waals surface area contributed by atoms with E-state index in [0.717, 1.165) is 23.2 Å². The molecule has 0 fully saturated rings. The molecule has 6 nitrogen and oxygen atoms in total. The lowest BCUT2D eigenvalue weighted by Gasteiger charge is -2.13. The van der Waals surface area contributed by atoms with Crippen molar-refractivity contribution < 1.29 is 13.2 Å². The molecule has 0 bridgehead atoms. The fourth-order valence-electron chi connectivity index (χ4n) is 2.57. The predicted octanol–water partition coefficient (Wildman–Crippen LogP) is 1.71. The summed E-state index contributed by atoms with van der Waals surface area (Å²) in [6.07, 6.45) is 1.16. The second-order valence-corrected chi connectivity index (χ2v) is 8.43. The zero-order valence-electron chi connectivity index (χ0n) is 14.4. The molecule has 2 rings (SSSR count). The van der Waals surface area contributed by atoms with Gasteiger partial charge in [0, 0.05) is 23.6 Å². The van der Waals surface area contributed by atoms with Gasteiger partial charge in [-0.3, -0.25) is 9.48 Å². The van der Waals surface area contributed by atoms with Crippen molar-refractivity contribution in [1.29, 1.82) is 0 Å². The molecule has 0 spiro atoms. The Morgan fingerprint density at radius 2 is 1.88 bits per heavy atom. The number of hydrogen-bond acceptors (Lipinski definition) is 4. The molecule has 130 valence electrons. The van der Waals surface area contributed by atoms with Crippen molar-refractivity contribution in [1.82, 2.24) is 15.1 Å². The third kappa shape index (κ3) is 5.19. The molecule has 1 heterocycles. The average Bonchev–Trinajstić information content (AvgIpc) is 2.75. The molecule has 1 atom stereocenters. The molecule has 0 saturated heterocycles. The lowest BCUT2D eigenvalue weighted by molar-refractivity contribution is 0.0943. The normalized spacial score (nSPS) is 12.8. The van der Waals surface area contributed by atoms with E-state index in [0.29, 0.717) is 12.1 Å². The van der Waals surface area contributed by atoms with Gasteiger partial charge in [0.2, 0.25) is 0 Å². The van der Waals surface area contributed by atoms with Crippen LogP contribution in [-0.4, -0.2) is 42.2 Å². The first-order valence-electron chi connectivity index (χ1n) is 7.72. The van der Waals surface area contributed by atoms with Gasteiger partial charge in [0.1, 0.15) is 9.84 Å². The van der Waals surface area contributed by atoms with E-state index in [1.54, 1.807) is 19.1 Å². The quantitative estimate of drug-likeness (QED) is 0.861. The van der Waals surface area contributed by atoms with Gasteiger partial charge in [-0.2, -0.15) is 5.10 Å². The van der Waals surface area contributed by atoms with E-state index in [2.05, 4.69) is 10.4 Å². The number of carbonyl (C=O) groups is 1. The minimum absolute atomic E-state index is 0.0747. The highest BCUT2D eigenvalue weighted by Crippen LogP contribution is 2.09. The number of benzene rings is 1. The van der Waals surface area contributed by atoms with Crippen molar-refractivity contribution in [3.05, 3.63) is 52.8 Å². The second kappa shape index (κ2) is 7.17. The smallest absolute Gasteiger partial charge is 0.251 e. The Labute approximate surface area is 142 Å². The first-order chi connectivity index (χ1) is 11.1. The maximum absolute atomic E-state index is 12.1. The number of nitrogens with zero attached hydrogens (tertiary/aromatic N) is 2. The minimum Gasteiger partial charge on any atom is -0.349 e. The standard InChI is InChI=1S/C17H23N3O3S/c1-12-9-14(3)20(19-12)10-15-5-7-16(8-6-15)17(21)18-13(2)11-24(4,22)23/h5-9,13H,10-11H2,1-4H3,(H,18,21). The molecule has 2 aromatic rings. The SMILES string of the molecule is Cc1cc(C)n(Cc2ccc(C(=O)NC(C)CS(C)(=O)=O)cc2)n1. The van der Waals surface area contributed by atoms with Crippen LogP contribution in [0.5, 0.6) is 0 Å². The fraction of sp³-hybridized carbons (Fsp3) is 0.412. The highest BCUT2D eigenvalue weighted by Gasteiger charge is 2.14. The molecule has 0 aliphatic carbocycles. The van der Waals surface area contributed by atoms with Crippen molar-refractivity contribution in [2.75, 3.05) is 12.0 Å². The van der Waals surface area contributed by atoms with Gasteiger partial charge in [0.15, 0.2) is 0 Å². The van der Waals surface area contributed by atoms with Gasteiger partial charge >= 0.3 is 0 Å². The van der Waals surface area contributed by atoms with Crippen LogP contribution in [0, 0.1) is 13.8 Å². The maximum atomic E-state index is 12.1. The lowest BCUT2D eigenvalue weighted by Crippen LogP contribution is -2.37. The summed E-state index contributed by atoms with van der Waals surface area (Å²) in [5.41, 5.74) is 3.61. The monoisotopic (exact) mass is 349 g/mol. The second-order valence-electron chi connectivity index (χ2n) is 6.25. The molecule has 24 heavy (non-hydrogen) atoms. The zero-order chi connectivity index (χ0) is 17.9. The van der Waals surface area contributed by atoms with Crippen molar-refractivity contribution >= 4 is 15.7 Å². The molecule has 0 aliphatic heterocycles. The largest absolute Gasteiger partial charge is 0.349 e. The Morgan fingerprint density at radius 3 is 2.38 bits per heavy atom. The van der Waals surface area contributed by atoms with E-state index in [-0.39, 0.29) is 11.7 Å². The Kier molecular flexibility index (Phi) is 5.43. The van der Waals surface area contributed by atoms with Gasteiger partial charge in [0.25, 0.3) is 5.91 Å². The number of nitrogens with one attached hydrogen (secondary N) is 1. The molecule has 1 N–H and O–H groups in total. The molecule has 0 saturated carbocycles. The number of carbonyl (C=O) groups excluding carboxylic acids is 1. The number of aromatic nitrogens is 2. The highest BCUT2D eigenvalue weighted by atomic mass is 32.2. The molecular formula is C17H23N3O3S. The Bertz CT molecular complexity index is 823. The predicted molar refractivity (Wildman–Crippen MR) is 93.9 cm³/mol. The van der Waals surface area contributed by atoms with E-state index in [1.807, 2.05) is 36.7 Å². The highest BCUT2D eigenvalue weighted by molar-refractivity contribution is 7.90. The van der Waals surface area contributed by atoms with Crippen LogP contribution in [0.4, 0.5) is 0 Å². The van der Waals surface area contributed by atoms with E-state index in [1.165, 1.54) is 0 Å². The number of hydrogen-bond donors (Lipinski definition) is 1. The van der Waals surface area contributed by atoms with Crippen LogP contribution in [0.15, 0.2) is 30.3 Å². The molecule has 1 aromatic heterocycles. The maximum Gasteiger partial charge on any atom is 0.251 e. The summed E-state index contributed by atoms with van der Waals surface area (Å²) < 4.78 is 24.4. The molecule has 0 aliphatic rings. The third-order valence-corrected chi connectivity index (χ3v) is 4.69. The summed E-state index contributed by atoms with van der Waals surface area (Å²) in [7, 11) is -3.12. The third-order valence-electron chi connectivity index (χ3n) is 3.58. The van der Waals surface area contributed by atoms with Gasteiger partial charge in [-0.05, 0) is 44.5 Å². The van der Waals surface area contributed by atoms with Crippen LogP contribution in [0.25, 0.3) is 0 Å². The number of amides is 1. The number of sulfone groups is 1. The number of aryl methyl sites for hydroxylation is 2. The van der Waals surface area contributed by atoms with E-state index >= 15 is 0 Å². The summed E-state index contributed by atoms with van der Waals surface area (Å²) in [5.74, 6) is -0.349. The summed E-state index contributed by atoms with van der Waals surface area (Å²) in [4.78, 5) is 12.1. The van der Waals surface area contributed by atoms with Gasteiger partial charge in [-0.25, -0.2) is 8.42 Å². The van der Waals surface area contributed by atoms with Gasteiger partial charge < -0.3 is 5.32 Å². The van der Waals surface area contributed by atoms with Gasteiger partial charge in [-0.15, -0.1) is 0 Å². The summed E-state index contributed by atoms with van der Waals surface area (Å²) in [5, 5.41) is 7.12. The van der Waals surface area contributed by atoms with Gasteiger partial charge in [-0.1, -0.05) is 12.1 Å². The minimum atomic E-state index is -3.12. The molecule has 0 radical (unpaired) electrons. The lowest BCUT2D eigenvalue weighted by atomic mass is 10.1. The Hall–Kier alpha value is -2.15. The van der Waals surface area contributed by atoms with Crippen LogP contribution in [-0.2, 0) is 16.4 Å². The van der Waals surface area contributed by atoms with Crippen LogP contribution in [0.3, 0.4) is 0 Å². The topological polar surface area (TPSA) is 81.1 Å². The van der Waals surface area contributed by atoms with Gasteiger partial charge in [0.05, 0.1) is 18.0 Å². The summed E-state index contributed by atoms with van der Waals surface area (Å²) in [6.45, 7) is 6.28. The first kappa shape index (κ1) is 18.2. The molecule has 1 unspecified atom stereocenters. The van der Waals surface area contributed by atoms with Crippen LogP contribution in [0.1, 0.15) is 34.2 Å². The molecule has 1 aromatic carbocycles. The van der Waals surface area contributed by atoms with E-state index in [4.69, 9.17) is 0 Å². The van der Waals surface area contributed by atoms with Crippen LogP contribution >= 0.6 is 0 Å². The first-order valence-corrected chi connectivity index (χ1v) is 9.78. The average molecular weight is 349 g/mol. The van der Waals surface area contributed by atoms with Crippen LogP contribution < -0.4 is 5.32 Å². The Morgan fingerprint density at radius 1 is 1.25 bits per heavy atom. The van der Waals surface area contributed by atoms with E-state index < -0.39 is 15.9 Å².